The summed E-state index contributed by atoms with van der Waals surface area (Å²) < 4.78 is 0. The van der Waals surface area contributed by atoms with Gasteiger partial charge in [-0.1, -0.05) is 13.8 Å². The molecule has 96 valence electrons. The van der Waals surface area contributed by atoms with Gasteiger partial charge >= 0.3 is 0 Å². The van der Waals surface area contributed by atoms with Crippen LogP contribution in [0.15, 0.2) is 11.6 Å². The van der Waals surface area contributed by atoms with Crippen LogP contribution in [0.25, 0.3) is 0 Å². The van der Waals surface area contributed by atoms with E-state index in [4.69, 9.17) is 0 Å². The number of rotatable bonds is 4. The molecule has 1 fully saturated rings. The SMILES string of the molecule is CC(C)CC1CN(Cc2nccs2)CCCN1. The van der Waals surface area contributed by atoms with Gasteiger partial charge in [0.05, 0.1) is 6.54 Å². The molecule has 0 aromatic carbocycles. The predicted molar refractivity (Wildman–Crippen MR) is 73.3 cm³/mol. The molecule has 0 radical (unpaired) electrons. The van der Waals surface area contributed by atoms with Crippen LogP contribution in [0.3, 0.4) is 0 Å². The lowest BCUT2D eigenvalue weighted by atomic mass is 10.0. The van der Waals surface area contributed by atoms with Crippen LogP contribution in [0, 0.1) is 5.92 Å². The zero-order valence-electron chi connectivity index (χ0n) is 10.9. The lowest BCUT2D eigenvalue weighted by molar-refractivity contribution is 0.247. The first-order chi connectivity index (χ1) is 8.24. The summed E-state index contributed by atoms with van der Waals surface area (Å²) >= 11 is 1.77. The third-order valence-electron chi connectivity index (χ3n) is 3.16. The smallest absolute Gasteiger partial charge is 0.107 e. The van der Waals surface area contributed by atoms with E-state index < -0.39 is 0 Å². The molecular formula is C13H23N3S. The van der Waals surface area contributed by atoms with Crippen molar-refractivity contribution in [1.82, 2.24) is 15.2 Å². The third-order valence-corrected chi connectivity index (χ3v) is 3.93. The average Bonchev–Trinajstić information content (AvgIpc) is 2.66. The van der Waals surface area contributed by atoms with Crippen LogP contribution in [0.5, 0.6) is 0 Å². The van der Waals surface area contributed by atoms with Gasteiger partial charge in [0, 0.05) is 24.2 Å². The van der Waals surface area contributed by atoms with Crippen molar-refractivity contribution >= 4 is 11.3 Å². The van der Waals surface area contributed by atoms with Crippen molar-refractivity contribution in [3.05, 3.63) is 16.6 Å². The minimum absolute atomic E-state index is 0.650. The lowest BCUT2D eigenvalue weighted by Crippen LogP contribution is -2.38. The molecule has 0 amide bonds. The second kappa shape index (κ2) is 6.47. The summed E-state index contributed by atoms with van der Waals surface area (Å²) in [6.07, 6.45) is 4.43. The normalized spacial score (nSPS) is 22.9. The first kappa shape index (κ1) is 13.0. The van der Waals surface area contributed by atoms with E-state index in [1.807, 2.05) is 6.20 Å². The van der Waals surface area contributed by atoms with Gasteiger partial charge < -0.3 is 5.32 Å². The highest BCUT2D eigenvalue weighted by Crippen LogP contribution is 2.13. The van der Waals surface area contributed by atoms with Crippen molar-refractivity contribution in [3.63, 3.8) is 0 Å². The Hall–Kier alpha value is -0.450. The zero-order chi connectivity index (χ0) is 12.1. The number of thiazole rings is 1. The molecule has 1 aromatic rings. The van der Waals surface area contributed by atoms with Crippen LogP contribution in [-0.2, 0) is 6.54 Å². The van der Waals surface area contributed by atoms with Crippen molar-refractivity contribution in [3.8, 4) is 0 Å². The fraction of sp³-hybridized carbons (Fsp3) is 0.769. The monoisotopic (exact) mass is 253 g/mol. The number of nitrogens with zero attached hydrogens (tertiary/aromatic N) is 2. The molecule has 17 heavy (non-hydrogen) atoms. The fourth-order valence-corrected chi connectivity index (χ4v) is 3.13. The number of aromatic nitrogens is 1. The molecule has 0 spiro atoms. The van der Waals surface area contributed by atoms with E-state index in [1.54, 1.807) is 11.3 Å². The first-order valence-electron chi connectivity index (χ1n) is 6.58. The molecule has 3 nitrogen and oxygen atoms in total. The van der Waals surface area contributed by atoms with Crippen LogP contribution >= 0.6 is 11.3 Å². The molecule has 1 aliphatic rings. The van der Waals surface area contributed by atoms with Gasteiger partial charge in [-0.2, -0.15) is 0 Å². The van der Waals surface area contributed by atoms with Crippen molar-refractivity contribution in [1.29, 1.82) is 0 Å². The number of hydrogen-bond donors (Lipinski definition) is 1. The Morgan fingerprint density at radius 2 is 2.47 bits per heavy atom. The zero-order valence-corrected chi connectivity index (χ0v) is 11.7. The Morgan fingerprint density at radius 3 is 3.18 bits per heavy atom. The quantitative estimate of drug-likeness (QED) is 0.893. The highest BCUT2D eigenvalue weighted by Gasteiger charge is 2.19. The second-order valence-corrected chi connectivity index (χ2v) is 6.27. The molecule has 4 heteroatoms. The standard InChI is InChI=1S/C13H23N3S/c1-11(2)8-12-9-16(6-3-4-14-12)10-13-15-5-7-17-13/h5,7,11-12,14H,3-4,6,8-10H2,1-2H3. The first-order valence-corrected chi connectivity index (χ1v) is 7.46. The van der Waals surface area contributed by atoms with E-state index in [1.165, 1.54) is 24.4 Å². The molecular weight excluding hydrogens is 230 g/mol. The molecule has 1 atom stereocenters. The minimum Gasteiger partial charge on any atom is -0.313 e. The fourth-order valence-electron chi connectivity index (χ4n) is 2.47. The van der Waals surface area contributed by atoms with Crippen molar-refractivity contribution in [2.24, 2.45) is 5.92 Å². The Kier molecular flexibility index (Phi) is 4.95. The summed E-state index contributed by atoms with van der Waals surface area (Å²) in [7, 11) is 0. The van der Waals surface area contributed by atoms with Crippen molar-refractivity contribution in [2.75, 3.05) is 19.6 Å². The Balaban J connectivity index is 1.88. The molecule has 0 saturated carbocycles. The van der Waals surface area contributed by atoms with Gasteiger partial charge in [0.2, 0.25) is 0 Å². The highest BCUT2D eigenvalue weighted by atomic mass is 32.1. The molecule has 1 unspecified atom stereocenters. The van der Waals surface area contributed by atoms with E-state index in [-0.39, 0.29) is 0 Å². The van der Waals surface area contributed by atoms with Crippen LogP contribution in [0.1, 0.15) is 31.7 Å². The molecule has 1 aliphatic heterocycles. The molecule has 2 rings (SSSR count). The predicted octanol–water partition coefficient (Wildman–Crippen LogP) is 2.35. The van der Waals surface area contributed by atoms with E-state index in [2.05, 4.69) is 34.4 Å². The number of nitrogens with one attached hydrogen (secondary N) is 1. The van der Waals surface area contributed by atoms with Gasteiger partial charge in [-0.25, -0.2) is 4.98 Å². The van der Waals surface area contributed by atoms with Gasteiger partial charge in [0.1, 0.15) is 5.01 Å². The maximum Gasteiger partial charge on any atom is 0.107 e. The average molecular weight is 253 g/mol. The van der Waals surface area contributed by atoms with Crippen LogP contribution in [0.4, 0.5) is 0 Å². The summed E-state index contributed by atoms with van der Waals surface area (Å²) in [6.45, 7) is 9.15. The van der Waals surface area contributed by atoms with Crippen molar-refractivity contribution < 1.29 is 0 Å². The summed E-state index contributed by atoms with van der Waals surface area (Å²) in [5, 5.41) is 6.98. The third kappa shape index (κ3) is 4.37. The Labute approximate surface area is 108 Å². The summed E-state index contributed by atoms with van der Waals surface area (Å²) in [6, 6.07) is 0.650. The second-order valence-electron chi connectivity index (χ2n) is 5.30. The molecule has 0 bridgehead atoms. The topological polar surface area (TPSA) is 28.2 Å². The van der Waals surface area contributed by atoms with Crippen LogP contribution in [-0.4, -0.2) is 35.6 Å². The van der Waals surface area contributed by atoms with Gasteiger partial charge in [-0.05, 0) is 31.8 Å². The van der Waals surface area contributed by atoms with Gasteiger partial charge in [0.15, 0.2) is 0 Å². The van der Waals surface area contributed by atoms with Crippen molar-refractivity contribution in [2.45, 2.75) is 39.3 Å². The van der Waals surface area contributed by atoms with E-state index >= 15 is 0 Å². The highest BCUT2D eigenvalue weighted by molar-refractivity contribution is 7.09. The van der Waals surface area contributed by atoms with E-state index in [9.17, 15) is 0 Å². The largest absolute Gasteiger partial charge is 0.313 e. The summed E-state index contributed by atoms with van der Waals surface area (Å²) in [4.78, 5) is 6.93. The van der Waals surface area contributed by atoms with E-state index in [0.29, 0.717) is 6.04 Å². The molecule has 1 aromatic heterocycles. The van der Waals surface area contributed by atoms with Crippen LogP contribution in [0.2, 0.25) is 0 Å². The number of hydrogen-bond acceptors (Lipinski definition) is 4. The maximum absolute atomic E-state index is 4.38. The van der Waals surface area contributed by atoms with Gasteiger partial charge in [0.25, 0.3) is 0 Å². The molecule has 0 aliphatic carbocycles. The van der Waals surface area contributed by atoms with Gasteiger partial charge in [-0.15, -0.1) is 11.3 Å². The molecule has 1 N–H and O–H groups in total. The molecule has 2 heterocycles. The maximum atomic E-state index is 4.38. The van der Waals surface area contributed by atoms with E-state index in [0.717, 1.165) is 25.6 Å². The molecule has 1 saturated heterocycles. The summed E-state index contributed by atoms with van der Waals surface area (Å²) in [5.41, 5.74) is 0. The lowest BCUT2D eigenvalue weighted by Gasteiger charge is -2.24. The Morgan fingerprint density at radius 1 is 1.59 bits per heavy atom. The van der Waals surface area contributed by atoms with Crippen LogP contribution < -0.4 is 5.32 Å². The Bertz CT molecular complexity index is 310. The summed E-state index contributed by atoms with van der Waals surface area (Å²) in [5.74, 6) is 0.771. The van der Waals surface area contributed by atoms with Gasteiger partial charge in [-0.3, -0.25) is 4.90 Å². The minimum atomic E-state index is 0.650.